The van der Waals surface area contributed by atoms with E-state index < -0.39 is 6.10 Å². The van der Waals surface area contributed by atoms with Gasteiger partial charge >= 0.3 is 17.9 Å². The van der Waals surface area contributed by atoms with Crippen LogP contribution in [-0.4, -0.2) is 37.2 Å². The third kappa shape index (κ3) is 63.9. The number of hydrogen-bond donors (Lipinski definition) is 0. The van der Waals surface area contributed by atoms with Gasteiger partial charge in [-0.3, -0.25) is 14.4 Å². The van der Waals surface area contributed by atoms with Crippen LogP contribution in [0.5, 0.6) is 0 Å². The molecule has 0 aliphatic carbocycles. The summed E-state index contributed by atoms with van der Waals surface area (Å²) in [6, 6.07) is 0. The smallest absolute Gasteiger partial charge is 0.306 e. The molecular formula is C72H130O6. The van der Waals surface area contributed by atoms with Crippen molar-refractivity contribution in [3.63, 3.8) is 0 Å². The van der Waals surface area contributed by atoms with Crippen LogP contribution in [0.15, 0.2) is 60.8 Å². The number of ether oxygens (including phenoxy) is 3. The van der Waals surface area contributed by atoms with Crippen LogP contribution in [0.2, 0.25) is 0 Å². The summed E-state index contributed by atoms with van der Waals surface area (Å²) in [5.74, 6) is -0.889. The average Bonchev–Trinajstić information content (AvgIpc) is 3.44. The molecule has 0 spiro atoms. The van der Waals surface area contributed by atoms with Crippen molar-refractivity contribution in [3.05, 3.63) is 60.8 Å². The van der Waals surface area contributed by atoms with Gasteiger partial charge in [0, 0.05) is 19.3 Å². The monoisotopic (exact) mass is 1090 g/mol. The minimum atomic E-state index is -0.783. The minimum Gasteiger partial charge on any atom is -0.462 e. The summed E-state index contributed by atoms with van der Waals surface area (Å²) < 4.78 is 16.9. The molecular weight excluding hydrogens is 961 g/mol. The summed E-state index contributed by atoms with van der Waals surface area (Å²) in [6.45, 7) is 6.54. The van der Waals surface area contributed by atoms with Gasteiger partial charge in [-0.1, -0.05) is 319 Å². The molecule has 1 unspecified atom stereocenters. The second-order valence-corrected chi connectivity index (χ2v) is 23.1. The van der Waals surface area contributed by atoms with Crippen molar-refractivity contribution in [1.29, 1.82) is 0 Å². The maximum atomic E-state index is 12.9. The molecule has 6 nitrogen and oxygen atoms in total. The van der Waals surface area contributed by atoms with Crippen LogP contribution < -0.4 is 0 Å². The van der Waals surface area contributed by atoms with E-state index >= 15 is 0 Å². The molecule has 0 aromatic rings. The molecule has 0 amide bonds. The van der Waals surface area contributed by atoms with Gasteiger partial charge < -0.3 is 14.2 Å². The fourth-order valence-corrected chi connectivity index (χ4v) is 10.1. The first kappa shape index (κ1) is 75.1. The van der Waals surface area contributed by atoms with Crippen LogP contribution in [0, 0.1) is 0 Å². The fourth-order valence-electron chi connectivity index (χ4n) is 10.1. The van der Waals surface area contributed by atoms with Crippen molar-refractivity contribution >= 4 is 17.9 Å². The first-order valence-electron chi connectivity index (χ1n) is 34.3. The van der Waals surface area contributed by atoms with Crippen LogP contribution in [0.3, 0.4) is 0 Å². The van der Waals surface area contributed by atoms with Gasteiger partial charge in [0.15, 0.2) is 6.10 Å². The maximum absolute atomic E-state index is 12.9. The van der Waals surface area contributed by atoms with E-state index in [1.54, 1.807) is 0 Å². The molecule has 454 valence electrons. The van der Waals surface area contributed by atoms with Crippen molar-refractivity contribution in [2.24, 2.45) is 0 Å². The zero-order valence-corrected chi connectivity index (χ0v) is 52.2. The molecule has 0 N–H and O–H groups in total. The van der Waals surface area contributed by atoms with Crippen molar-refractivity contribution in [2.45, 2.75) is 367 Å². The van der Waals surface area contributed by atoms with Crippen LogP contribution in [0.25, 0.3) is 0 Å². The molecule has 0 heterocycles. The predicted octanol–water partition coefficient (Wildman–Crippen LogP) is 23.5. The standard InChI is InChI=1S/C72H130O6/c1-4-7-10-13-16-19-22-25-27-28-29-30-31-32-33-34-35-36-37-38-39-40-41-42-43-44-45-48-50-53-56-59-62-65-71(74)77-68-69(67-76-70(73)64-61-58-55-52-49-46-24-21-18-15-12-9-6-3)78-72(75)66-63-60-57-54-51-47-26-23-20-17-14-11-8-5-2/h9,12,18,21-22,25,28-29,46,49,69H,4-8,10-11,13-17,19-20,23-24,26-27,30-45,47-48,50-68H2,1-3H3/b12-9-,21-18-,25-22-,29-28-,49-46-. The second kappa shape index (κ2) is 66.6. The first-order chi connectivity index (χ1) is 38.5. The number of rotatable bonds is 63. The van der Waals surface area contributed by atoms with Crippen LogP contribution >= 0.6 is 0 Å². The van der Waals surface area contributed by atoms with E-state index in [9.17, 15) is 14.4 Å². The Labute approximate surface area is 485 Å². The summed E-state index contributed by atoms with van der Waals surface area (Å²) in [7, 11) is 0. The van der Waals surface area contributed by atoms with Gasteiger partial charge in [0.25, 0.3) is 0 Å². The molecule has 0 saturated heterocycles. The Morgan fingerprint density at radius 3 is 0.795 bits per heavy atom. The van der Waals surface area contributed by atoms with Crippen molar-refractivity contribution in [3.8, 4) is 0 Å². The van der Waals surface area contributed by atoms with Crippen molar-refractivity contribution in [1.82, 2.24) is 0 Å². The lowest BCUT2D eigenvalue weighted by molar-refractivity contribution is -0.167. The van der Waals surface area contributed by atoms with Gasteiger partial charge in [0.1, 0.15) is 13.2 Å². The van der Waals surface area contributed by atoms with Crippen LogP contribution in [0.4, 0.5) is 0 Å². The van der Waals surface area contributed by atoms with E-state index in [-0.39, 0.29) is 31.1 Å². The topological polar surface area (TPSA) is 78.9 Å². The zero-order valence-electron chi connectivity index (χ0n) is 52.2. The van der Waals surface area contributed by atoms with Gasteiger partial charge in [-0.2, -0.15) is 0 Å². The highest BCUT2D eigenvalue weighted by Crippen LogP contribution is 2.18. The van der Waals surface area contributed by atoms with Crippen molar-refractivity contribution in [2.75, 3.05) is 13.2 Å². The molecule has 0 saturated carbocycles. The van der Waals surface area contributed by atoms with Gasteiger partial charge in [-0.15, -0.1) is 0 Å². The van der Waals surface area contributed by atoms with Gasteiger partial charge in [0.2, 0.25) is 0 Å². The average molecular weight is 1090 g/mol. The van der Waals surface area contributed by atoms with Crippen molar-refractivity contribution < 1.29 is 28.6 Å². The van der Waals surface area contributed by atoms with E-state index in [1.165, 1.54) is 231 Å². The molecule has 78 heavy (non-hydrogen) atoms. The first-order valence-corrected chi connectivity index (χ1v) is 34.3. The van der Waals surface area contributed by atoms with E-state index in [1.807, 2.05) is 0 Å². The quantitative estimate of drug-likeness (QED) is 0.0261. The maximum Gasteiger partial charge on any atom is 0.306 e. The highest BCUT2D eigenvalue weighted by Gasteiger charge is 2.19. The van der Waals surface area contributed by atoms with E-state index in [4.69, 9.17) is 14.2 Å². The molecule has 0 aromatic heterocycles. The predicted molar refractivity (Wildman–Crippen MR) is 339 cm³/mol. The molecule has 0 radical (unpaired) electrons. The Morgan fingerprint density at radius 2 is 0.500 bits per heavy atom. The zero-order chi connectivity index (χ0) is 56.4. The molecule has 0 aromatic carbocycles. The van der Waals surface area contributed by atoms with Gasteiger partial charge in [0.05, 0.1) is 0 Å². The summed E-state index contributed by atoms with van der Waals surface area (Å²) in [6.07, 6.45) is 85.5. The molecule has 0 rings (SSSR count). The summed E-state index contributed by atoms with van der Waals surface area (Å²) in [5, 5.41) is 0. The van der Waals surface area contributed by atoms with Crippen LogP contribution in [0.1, 0.15) is 361 Å². The Kier molecular flexibility index (Phi) is 64.2. The molecule has 0 aliphatic rings. The molecule has 1 atom stereocenters. The van der Waals surface area contributed by atoms with Gasteiger partial charge in [-0.25, -0.2) is 0 Å². The Balaban J connectivity index is 4.09. The second-order valence-electron chi connectivity index (χ2n) is 23.1. The minimum absolute atomic E-state index is 0.0786. The SMILES string of the molecule is CC/C=C\C/C=C\C/C=C\CCCCCC(=O)OCC(COC(=O)CCCCCCCCCCCCCCCCCCCCCCC/C=C\C/C=C\CCCCCCC)OC(=O)CCCCCCCCCCCCCCCC. The third-order valence-electron chi connectivity index (χ3n) is 15.3. The molecule has 0 aliphatic heterocycles. The highest BCUT2D eigenvalue weighted by molar-refractivity contribution is 5.71. The number of carbonyl (C=O) groups excluding carboxylic acids is 3. The number of hydrogen-bond acceptors (Lipinski definition) is 6. The summed E-state index contributed by atoms with van der Waals surface area (Å²) in [4.78, 5) is 38.3. The Morgan fingerprint density at radius 1 is 0.269 bits per heavy atom. The van der Waals surface area contributed by atoms with E-state index in [0.29, 0.717) is 19.3 Å². The third-order valence-corrected chi connectivity index (χ3v) is 15.3. The fraction of sp³-hybridized carbons (Fsp3) is 0.819. The lowest BCUT2D eigenvalue weighted by Crippen LogP contribution is -2.30. The van der Waals surface area contributed by atoms with Gasteiger partial charge in [-0.05, 0) is 83.5 Å². The Hall–Kier alpha value is -2.89. The molecule has 0 bridgehead atoms. The number of esters is 3. The lowest BCUT2D eigenvalue weighted by atomic mass is 10.0. The summed E-state index contributed by atoms with van der Waals surface area (Å²) in [5.41, 5.74) is 0. The Bertz CT molecular complexity index is 1390. The molecule has 6 heteroatoms. The van der Waals surface area contributed by atoms with E-state index in [0.717, 1.165) is 89.9 Å². The number of allylic oxidation sites excluding steroid dienone is 10. The highest BCUT2D eigenvalue weighted by atomic mass is 16.6. The summed E-state index contributed by atoms with van der Waals surface area (Å²) >= 11 is 0. The molecule has 0 fully saturated rings. The van der Waals surface area contributed by atoms with E-state index in [2.05, 4.69) is 81.5 Å². The number of carbonyl (C=O) groups is 3. The largest absolute Gasteiger partial charge is 0.462 e. The van der Waals surface area contributed by atoms with Crippen LogP contribution in [-0.2, 0) is 28.6 Å². The lowest BCUT2D eigenvalue weighted by Gasteiger charge is -2.18. The normalized spacial score (nSPS) is 12.4. The number of unbranched alkanes of at least 4 members (excludes halogenated alkanes) is 42.